The quantitative estimate of drug-likeness (QED) is 0.222. The highest BCUT2D eigenvalue weighted by molar-refractivity contribution is 7.83. The largest absolute Gasteiger partial charge is 0.394 e. The van der Waals surface area contributed by atoms with Crippen LogP contribution in [0.1, 0.15) is 0 Å². The van der Waals surface area contributed by atoms with Gasteiger partial charge in [-0.15, -0.1) is 0 Å². The number of rotatable bonds is 4. The molecule has 11 heteroatoms. The van der Waals surface area contributed by atoms with Gasteiger partial charge in [0.15, 0.2) is 0 Å². The summed E-state index contributed by atoms with van der Waals surface area (Å²) in [5, 5.41) is 36.8. The Morgan fingerprint density at radius 2 is 1.76 bits per heavy atom. The molecule has 0 spiro atoms. The molecule has 0 aliphatic carbocycles. The van der Waals surface area contributed by atoms with Crippen LogP contribution in [0.3, 0.4) is 0 Å². The van der Waals surface area contributed by atoms with E-state index < -0.39 is 47.6 Å². The van der Waals surface area contributed by atoms with Crippen molar-refractivity contribution in [2.45, 2.75) is 30.7 Å². The number of aliphatic hydroxyl groups is 4. The molecule has 0 aromatic carbocycles. The lowest BCUT2D eigenvalue weighted by Crippen LogP contribution is -2.60. The van der Waals surface area contributed by atoms with Crippen LogP contribution < -0.4 is 4.89 Å². The molecule has 0 aromatic rings. The third-order valence-electron chi connectivity index (χ3n) is 2.12. The van der Waals surface area contributed by atoms with E-state index in [1.54, 1.807) is 0 Å². The highest BCUT2D eigenvalue weighted by Gasteiger charge is 2.44. The standard InChI is InChI=1S/C6H13NO9S/c8-1-2-3(9)4(10)5(11)6(15-2)16-7-17(12,13)14/h2-11H,1H2,(H,12,13,14)/t2-,3-,4+,5-,6?/m1/s1. The average Bonchev–Trinajstić information content (AvgIpc) is 2.24. The van der Waals surface area contributed by atoms with Crippen LogP contribution in [0.25, 0.3) is 0 Å². The molecule has 1 aliphatic heterocycles. The molecular weight excluding hydrogens is 262 g/mol. The van der Waals surface area contributed by atoms with Gasteiger partial charge in [-0.05, 0) is 0 Å². The van der Waals surface area contributed by atoms with Crippen LogP contribution in [0.15, 0.2) is 0 Å². The summed E-state index contributed by atoms with van der Waals surface area (Å²) in [4.78, 5) is 5.44. The van der Waals surface area contributed by atoms with Gasteiger partial charge in [0.1, 0.15) is 24.4 Å². The Hall–Kier alpha value is -0.370. The minimum atomic E-state index is -4.67. The lowest BCUT2D eigenvalue weighted by Gasteiger charge is -2.38. The van der Waals surface area contributed by atoms with Gasteiger partial charge < -0.3 is 25.2 Å². The van der Waals surface area contributed by atoms with Crippen molar-refractivity contribution >= 4 is 10.3 Å². The van der Waals surface area contributed by atoms with E-state index in [1.165, 1.54) is 4.89 Å². The van der Waals surface area contributed by atoms with Gasteiger partial charge in [-0.2, -0.15) is 8.42 Å². The van der Waals surface area contributed by atoms with Crippen LogP contribution in [0.5, 0.6) is 0 Å². The van der Waals surface area contributed by atoms with Gasteiger partial charge in [-0.3, -0.25) is 9.39 Å². The van der Waals surface area contributed by atoms with E-state index in [0.29, 0.717) is 0 Å². The third-order valence-corrected chi connectivity index (χ3v) is 2.42. The fourth-order valence-corrected chi connectivity index (χ4v) is 1.49. The molecule has 10 nitrogen and oxygen atoms in total. The van der Waals surface area contributed by atoms with Crippen LogP contribution in [0, 0.1) is 0 Å². The Bertz CT molecular complexity index is 343. The first-order valence-corrected chi connectivity index (χ1v) is 5.90. The monoisotopic (exact) mass is 275 g/mol. The summed E-state index contributed by atoms with van der Waals surface area (Å²) in [7, 11) is -4.67. The molecule has 1 rings (SSSR count). The zero-order valence-corrected chi connectivity index (χ0v) is 9.19. The van der Waals surface area contributed by atoms with Gasteiger partial charge in [0.25, 0.3) is 0 Å². The van der Waals surface area contributed by atoms with Gasteiger partial charge in [0, 0.05) is 0 Å². The number of nitrogens with one attached hydrogen (secondary N) is 1. The second kappa shape index (κ2) is 5.51. The molecule has 0 aromatic heterocycles. The molecule has 0 amide bonds. The molecule has 1 fully saturated rings. The minimum Gasteiger partial charge on any atom is -0.394 e. The molecule has 0 saturated carbocycles. The molecule has 6 N–H and O–H groups in total. The fourth-order valence-electron chi connectivity index (χ4n) is 1.27. The summed E-state index contributed by atoms with van der Waals surface area (Å²) in [5.41, 5.74) is 0. The zero-order chi connectivity index (χ0) is 13.2. The normalized spacial score (nSPS) is 39.2. The molecule has 1 heterocycles. The highest BCUT2D eigenvalue weighted by Crippen LogP contribution is 2.21. The van der Waals surface area contributed by atoms with Crippen molar-refractivity contribution in [3.63, 3.8) is 0 Å². The Morgan fingerprint density at radius 3 is 2.24 bits per heavy atom. The number of aliphatic hydroxyl groups excluding tert-OH is 4. The molecule has 17 heavy (non-hydrogen) atoms. The summed E-state index contributed by atoms with van der Waals surface area (Å²) < 4.78 is 33.7. The highest BCUT2D eigenvalue weighted by atomic mass is 32.2. The summed E-state index contributed by atoms with van der Waals surface area (Å²) in [6.45, 7) is -0.684. The van der Waals surface area contributed by atoms with Crippen molar-refractivity contribution in [2.75, 3.05) is 6.61 Å². The van der Waals surface area contributed by atoms with Gasteiger partial charge in [-0.1, -0.05) is 4.89 Å². The van der Waals surface area contributed by atoms with Crippen LogP contribution in [0.2, 0.25) is 0 Å². The van der Waals surface area contributed by atoms with Crippen molar-refractivity contribution in [3.05, 3.63) is 0 Å². The van der Waals surface area contributed by atoms with E-state index in [1.807, 2.05) is 0 Å². The predicted octanol–water partition coefficient (Wildman–Crippen LogP) is -3.89. The smallest absolute Gasteiger partial charge is 0.355 e. The molecule has 5 atom stereocenters. The second-order valence-corrected chi connectivity index (χ2v) is 4.49. The molecule has 1 aliphatic rings. The van der Waals surface area contributed by atoms with Crippen molar-refractivity contribution in [1.82, 2.24) is 4.89 Å². The molecule has 0 radical (unpaired) electrons. The summed E-state index contributed by atoms with van der Waals surface area (Å²) in [6, 6.07) is 0. The average molecular weight is 275 g/mol. The van der Waals surface area contributed by atoms with E-state index in [9.17, 15) is 23.7 Å². The first-order chi connectivity index (χ1) is 7.76. The van der Waals surface area contributed by atoms with Gasteiger partial charge in [0.2, 0.25) is 6.29 Å². The summed E-state index contributed by atoms with van der Waals surface area (Å²) in [5.74, 6) is 0. The SMILES string of the molecule is O=S(=O)(O)NOC1O[C@H](CO)[C@@H](O)[C@H](O)[C@H]1O. The Kier molecular flexibility index (Phi) is 4.77. The predicted molar refractivity (Wildman–Crippen MR) is 49.5 cm³/mol. The van der Waals surface area contributed by atoms with E-state index in [4.69, 9.17) is 14.4 Å². The van der Waals surface area contributed by atoms with E-state index in [0.717, 1.165) is 0 Å². The van der Waals surface area contributed by atoms with E-state index in [2.05, 4.69) is 4.84 Å². The van der Waals surface area contributed by atoms with Crippen molar-refractivity contribution in [1.29, 1.82) is 0 Å². The van der Waals surface area contributed by atoms with Crippen LogP contribution in [0.4, 0.5) is 0 Å². The lowest BCUT2D eigenvalue weighted by molar-refractivity contribution is -0.309. The topological polar surface area (TPSA) is 166 Å². The van der Waals surface area contributed by atoms with E-state index >= 15 is 0 Å². The maximum Gasteiger partial charge on any atom is 0.355 e. The number of hydrogen-bond donors (Lipinski definition) is 6. The van der Waals surface area contributed by atoms with Gasteiger partial charge in [-0.25, -0.2) is 0 Å². The molecule has 1 saturated heterocycles. The van der Waals surface area contributed by atoms with Crippen LogP contribution >= 0.6 is 0 Å². The third kappa shape index (κ3) is 3.80. The van der Waals surface area contributed by atoms with Crippen LogP contribution in [-0.2, 0) is 19.9 Å². The van der Waals surface area contributed by atoms with Gasteiger partial charge in [0.05, 0.1) is 6.61 Å². The van der Waals surface area contributed by atoms with E-state index in [-0.39, 0.29) is 0 Å². The lowest BCUT2D eigenvalue weighted by atomic mass is 9.99. The van der Waals surface area contributed by atoms with Crippen molar-refractivity contribution in [2.24, 2.45) is 0 Å². The second-order valence-electron chi connectivity index (χ2n) is 3.37. The first-order valence-electron chi connectivity index (χ1n) is 4.46. The van der Waals surface area contributed by atoms with Crippen LogP contribution in [-0.4, -0.2) is 70.7 Å². The summed E-state index contributed by atoms with van der Waals surface area (Å²) in [6.07, 6.45) is -7.97. The Balaban J connectivity index is 2.66. The number of ether oxygens (including phenoxy) is 1. The molecule has 1 unspecified atom stereocenters. The minimum absolute atomic E-state index is 0.684. The molecule has 102 valence electrons. The Labute approximate surface area is 96.2 Å². The number of hydrogen-bond acceptors (Lipinski definition) is 8. The van der Waals surface area contributed by atoms with Crippen molar-refractivity contribution in [3.8, 4) is 0 Å². The maximum atomic E-state index is 10.3. The molecule has 0 bridgehead atoms. The Morgan fingerprint density at radius 1 is 1.18 bits per heavy atom. The maximum absolute atomic E-state index is 10.3. The first kappa shape index (κ1) is 14.7. The molecular formula is C6H13NO9S. The zero-order valence-electron chi connectivity index (χ0n) is 8.37. The summed E-state index contributed by atoms with van der Waals surface area (Å²) >= 11 is 0. The van der Waals surface area contributed by atoms with Gasteiger partial charge >= 0.3 is 10.3 Å². The fraction of sp³-hybridized carbons (Fsp3) is 1.00. The van der Waals surface area contributed by atoms with Crippen molar-refractivity contribution < 1.29 is 43.0 Å².